The summed E-state index contributed by atoms with van der Waals surface area (Å²) < 4.78 is 33.2. The Kier molecular flexibility index (Phi) is 6.11. The van der Waals surface area contributed by atoms with E-state index in [1.807, 2.05) is 45.0 Å². The second kappa shape index (κ2) is 8.07. The van der Waals surface area contributed by atoms with Gasteiger partial charge in [0.2, 0.25) is 0 Å². The molecular weight excluding hydrogens is 494 g/mol. The number of halogens is 4. The zero-order valence-electron chi connectivity index (χ0n) is 15.7. The van der Waals surface area contributed by atoms with Gasteiger partial charge in [-0.3, -0.25) is 4.79 Å². The molecule has 6 heteroatoms. The highest BCUT2D eigenvalue weighted by atomic mass is 79.9. The van der Waals surface area contributed by atoms with Gasteiger partial charge in [0.05, 0.1) is 9.31 Å². The Morgan fingerprint density at radius 2 is 1.89 bits per heavy atom. The van der Waals surface area contributed by atoms with E-state index in [4.69, 9.17) is 4.74 Å². The van der Waals surface area contributed by atoms with Gasteiger partial charge in [0.15, 0.2) is 11.6 Å². The van der Waals surface area contributed by atoms with Crippen molar-refractivity contribution in [2.45, 2.75) is 27.4 Å². The van der Waals surface area contributed by atoms with Crippen molar-refractivity contribution in [3.05, 3.63) is 68.6 Å². The lowest BCUT2D eigenvalue weighted by Gasteiger charge is -2.13. The minimum Gasteiger partial charge on any atom is -0.461 e. The van der Waals surface area contributed by atoms with Gasteiger partial charge < -0.3 is 4.74 Å². The number of hydrogen-bond donors (Lipinski definition) is 0. The van der Waals surface area contributed by atoms with Crippen molar-refractivity contribution in [2.75, 3.05) is 0 Å². The van der Waals surface area contributed by atoms with E-state index in [1.165, 1.54) is 6.07 Å². The third kappa shape index (κ3) is 4.23. The molecule has 3 rings (SSSR count). The Bertz CT molecular complexity index is 950. The molecule has 0 N–H and O–H groups in total. The smallest absolute Gasteiger partial charge is 0.310 e. The minimum atomic E-state index is -0.887. The third-order valence-corrected chi connectivity index (χ3v) is 6.05. The lowest BCUT2D eigenvalue weighted by atomic mass is 9.96. The Balaban J connectivity index is 1.75. The lowest BCUT2D eigenvalue weighted by molar-refractivity contribution is -0.147. The topological polar surface area (TPSA) is 26.3 Å². The van der Waals surface area contributed by atoms with Crippen molar-refractivity contribution >= 4 is 37.8 Å². The molecule has 1 aliphatic carbocycles. The second-order valence-electron chi connectivity index (χ2n) is 7.61. The molecule has 2 nitrogen and oxygen atoms in total. The van der Waals surface area contributed by atoms with Crippen molar-refractivity contribution in [3.63, 3.8) is 0 Å². The number of ether oxygens (including phenoxy) is 1. The summed E-state index contributed by atoms with van der Waals surface area (Å²) >= 11 is 6.69. The molecule has 2 atom stereocenters. The van der Waals surface area contributed by atoms with E-state index in [1.54, 1.807) is 6.07 Å². The van der Waals surface area contributed by atoms with Crippen LogP contribution in [0.5, 0.6) is 0 Å². The molecular formula is C22H20Br2F2O2. The molecule has 0 aliphatic heterocycles. The van der Waals surface area contributed by atoms with Gasteiger partial charge in [0.25, 0.3) is 0 Å². The van der Waals surface area contributed by atoms with Crippen molar-refractivity contribution in [3.8, 4) is 11.1 Å². The van der Waals surface area contributed by atoms with E-state index in [2.05, 4.69) is 31.9 Å². The average Bonchev–Trinajstić information content (AvgIpc) is 3.15. The number of allylic oxidation sites excluding steroid dienone is 1. The monoisotopic (exact) mass is 512 g/mol. The first-order chi connectivity index (χ1) is 13.1. The van der Waals surface area contributed by atoms with Crippen LogP contribution in [-0.4, -0.2) is 5.97 Å². The first kappa shape index (κ1) is 21.2. The van der Waals surface area contributed by atoms with Crippen molar-refractivity contribution < 1.29 is 18.3 Å². The summed E-state index contributed by atoms with van der Waals surface area (Å²) in [5.41, 5.74) is 2.93. The molecule has 1 aliphatic rings. The highest BCUT2D eigenvalue weighted by Crippen LogP contribution is 2.60. The van der Waals surface area contributed by atoms with Gasteiger partial charge in [0.1, 0.15) is 6.61 Å². The summed E-state index contributed by atoms with van der Waals surface area (Å²) in [4.78, 5) is 12.6. The molecule has 0 heterocycles. The van der Waals surface area contributed by atoms with Crippen LogP contribution in [0.25, 0.3) is 11.1 Å². The van der Waals surface area contributed by atoms with Gasteiger partial charge in [0, 0.05) is 0 Å². The number of carbonyl (C=O) groups is 1. The highest BCUT2D eigenvalue weighted by Gasteiger charge is 2.61. The molecule has 0 amide bonds. The quantitative estimate of drug-likeness (QED) is 0.407. The largest absolute Gasteiger partial charge is 0.461 e. The lowest BCUT2D eigenvalue weighted by Crippen LogP contribution is -2.11. The van der Waals surface area contributed by atoms with Gasteiger partial charge in [-0.2, -0.15) is 0 Å². The molecule has 28 heavy (non-hydrogen) atoms. The summed E-state index contributed by atoms with van der Waals surface area (Å²) in [5, 5.41) is 0. The van der Waals surface area contributed by atoms with Gasteiger partial charge in [-0.25, -0.2) is 8.78 Å². The Labute approximate surface area is 180 Å². The van der Waals surface area contributed by atoms with Gasteiger partial charge in [-0.05, 0) is 84.5 Å². The van der Waals surface area contributed by atoms with E-state index in [9.17, 15) is 13.6 Å². The second-order valence-corrected chi connectivity index (χ2v) is 10.4. The number of benzene rings is 2. The molecule has 2 aromatic carbocycles. The Hall–Kier alpha value is -1.53. The van der Waals surface area contributed by atoms with Gasteiger partial charge in [-0.15, -0.1) is 0 Å². The fourth-order valence-corrected chi connectivity index (χ4v) is 4.20. The van der Waals surface area contributed by atoms with Crippen molar-refractivity contribution in [1.29, 1.82) is 0 Å². The number of esters is 1. The number of rotatable bonds is 5. The molecule has 0 radical (unpaired) electrons. The minimum absolute atomic E-state index is 0.114. The molecule has 1 saturated carbocycles. The van der Waals surface area contributed by atoms with E-state index >= 15 is 0 Å². The van der Waals surface area contributed by atoms with E-state index in [-0.39, 0.29) is 29.8 Å². The fourth-order valence-electron chi connectivity index (χ4n) is 3.63. The first-order valence-electron chi connectivity index (χ1n) is 8.86. The van der Waals surface area contributed by atoms with Crippen LogP contribution in [0, 0.1) is 35.8 Å². The normalized spacial score (nSPS) is 19.8. The zero-order chi connectivity index (χ0) is 20.6. The van der Waals surface area contributed by atoms with Crippen LogP contribution in [0.2, 0.25) is 0 Å². The summed E-state index contributed by atoms with van der Waals surface area (Å²) in [6.45, 7) is 6.10. The summed E-state index contributed by atoms with van der Waals surface area (Å²) in [5.74, 6) is -2.07. The van der Waals surface area contributed by atoms with Crippen molar-refractivity contribution in [1.82, 2.24) is 0 Å². The molecule has 0 aromatic heterocycles. The van der Waals surface area contributed by atoms with Gasteiger partial charge >= 0.3 is 5.97 Å². The van der Waals surface area contributed by atoms with Crippen LogP contribution in [-0.2, 0) is 16.1 Å². The maximum Gasteiger partial charge on any atom is 0.310 e. The molecule has 1 fully saturated rings. The number of carbonyl (C=O) groups excluding carboxylic acids is 1. The van der Waals surface area contributed by atoms with E-state index < -0.39 is 11.6 Å². The highest BCUT2D eigenvalue weighted by molar-refractivity contribution is 9.28. The van der Waals surface area contributed by atoms with Crippen LogP contribution in [0.15, 0.2) is 45.9 Å². The van der Waals surface area contributed by atoms with Crippen LogP contribution in [0.4, 0.5) is 8.78 Å². The summed E-state index contributed by atoms with van der Waals surface area (Å²) in [7, 11) is 0. The molecule has 148 valence electrons. The SMILES string of the molecule is Cc1c(COC(=O)[C@@H]2[C@H](C=C(Br)Br)C2(C)C)cccc1-c1ccc(F)c(F)c1. The van der Waals surface area contributed by atoms with Gasteiger partial charge in [-0.1, -0.05) is 44.2 Å². The maximum atomic E-state index is 13.6. The summed E-state index contributed by atoms with van der Waals surface area (Å²) in [6, 6.07) is 9.36. The van der Waals surface area contributed by atoms with Crippen LogP contribution in [0.1, 0.15) is 25.0 Å². The molecule has 0 spiro atoms. The molecule has 0 saturated heterocycles. The van der Waals surface area contributed by atoms with Crippen LogP contribution < -0.4 is 0 Å². The molecule has 0 unspecified atom stereocenters. The van der Waals surface area contributed by atoms with Crippen LogP contribution in [0.3, 0.4) is 0 Å². The molecule has 0 bridgehead atoms. The van der Waals surface area contributed by atoms with E-state index in [0.717, 1.165) is 26.1 Å². The molecule has 2 aromatic rings. The summed E-state index contributed by atoms with van der Waals surface area (Å²) in [6.07, 6.45) is 1.97. The fraction of sp³-hybridized carbons (Fsp3) is 0.318. The third-order valence-electron chi connectivity index (χ3n) is 5.52. The van der Waals surface area contributed by atoms with Crippen molar-refractivity contribution in [2.24, 2.45) is 17.3 Å². The predicted molar refractivity (Wildman–Crippen MR) is 113 cm³/mol. The Morgan fingerprint density at radius 1 is 1.18 bits per heavy atom. The zero-order valence-corrected chi connectivity index (χ0v) is 18.9. The van der Waals surface area contributed by atoms with E-state index in [0.29, 0.717) is 5.56 Å². The standard InChI is InChI=1S/C22H20Br2F2O2/c1-12-14(5-4-6-15(12)13-7-8-17(25)18(26)9-13)11-28-21(27)20-16(10-19(23)24)22(20,2)3/h4-10,16,20H,11H2,1-3H3/t16-,20-/m0/s1. The first-order valence-corrected chi connectivity index (χ1v) is 10.4. The predicted octanol–water partition coefficient (Wildman–Crippen LogP) is 6.89. The Morgan fingerprint density at radius 3 is 2.54 bits per heavy atom. The average molecular weight is 514 g/mol. The number of hydrogen-bond acceptors (Lipinski definition) is 2. The van der Waals surface area contributed by atoms with Crippen LogP contribution >= 0.6 is 31.9 Å². The maximum absolute atomic E-state index is 13.6.